The first kappa shape index (κ1) is 33.7. The largest absolute Gasteiger partial charge is 0.479 e. The van der Waals surface area contributed by atoms with E-state index < -0.39 is 59.3 Å². The normalized spacial score (nSPS) is 22.0. The third-order valence-electron chi connectivity index (χ3n) is 9.05. The first-order chi connectivity index (χ1) is 23.5. The third-order valence-corrected chi connectivity index (χ3v) is 9.93. The molecule has 1 saturated heterocycles. The van der Waals surface area contributed by atoms with Crippen LogP contribution in [0.2, 0.25) is 0 Å². The number of rotatable bonds is 12. The van der Waals surface area contributed by atoms with Crippen LogP contribution in [0, 0.1) is 11.8 Å². The minimum absolute atomic E-state index is 0.00137. The summed E-state index contributed by atoms with van der Waals surface area (Å²) in [6, 6.07) is 17.5. The Morgan fingerprint density at radius 2 is 1.78 bits per heavy atom. The maximum atomic E-state index is 14.3. The van der Waals surface area contributed by atoms with Gasteiger partial charge in [-0.05, 0) is 41.5 Å². The van der Waals surface area contributed by atoms with Gasteiger partial charge in [-0.1, -0.05) is 68.5 Å². The zero-order valence-corrected chi connectivity index (χ0v) is 27.9. The molecule has 0 bridgehead atoms. The molecule has 4 aromatic rings. The van der Waals surface area contributed by atoms with Crippen LogP contribution in [0.1, 0.15) is 32.3 Å². The number of amides is 3. The van der Waals surface area contributed by atoms with E-state index in [-0.39, 0.29) is 31.7 Å². The van der Waals surface area contributed by atoms with Crippen molar-refractivity contribution in [3.8, 4) is 16.5 Å². The van der Waals surface area contributed by atoms with Gasteiger partial charge in [0.1, 0.15) is 29.4 Å². The zero-order valence-electron chi connectivity index (χ0n) is 27.1. The molecule has 5 atom stereocenters. The molecular weight excluding hydrogens is 646 g/mol. The molecule has 12 nitrogen and oxygen atoms in total. The molecule has 1 aliphatic carbocycles. The highest BCUT2D eigenvalue weighted by molar-refractivity contribution is 7.13. The average molecular weight is 684 g/mol. The molecule has 1 saturated carbocycles. The Hall–Kier alpha value is -5.14. The molecule has 1 aliphatic heterocycles. The number of fused-ring (bicyclic) bond motifs is 1. The highest BCUT2D eigenvalue weighted by atomic mass is 32.1. The van der Waals surface area contributed by atoms with Crippen molar-refractivity contribution >= 4 is 46.1 Å². The van der Waals surface area contributed by atoms with Crippen LogP contribution in [0.5, 0.6) is 5.88 Å². The van der Waals surface area contributed by atoms with E-state index >= 15 is 0 Å². The minimum Gasteiger partial charge on any atom is -0.479 e. The Morgan fingerprint density at radius 3 is 2.39 bits per heavy atom. The molecule has 2 aliphatic rings. The first-order valence-electron chi connectivity index (χ1n) is 16.0. The van der Waals surface area contributed by atoms with Crippen LogP contribution >= 0.6 is 11.3 Å². The fourth-order valence-corrected chi connectivity index (χ4v) is 7.05. The van der Waals surface area contributed by atoms with Gasteiger partial charge >= 0.3 is 5.97 Å². The van der Waals surface area contributed by atoms with Gasteiger partial charge in [0.05, 0.1) is 28.9 Å². The molecule has 254 valence electrons. The second-order valence-electron chi connectivity index (χ2n) is 12.7. The van der Waals surface area contributed by atoms with Gasteiger partial charge in [0.2, 0.25) is 17.7 Å². The lowest BCUT2D eigenvalue weighted by atomic mass is 10.0. The molecule has 2 fully saturated rings. The van der Waals surface area contributed by atoms with Gasteiger partial charge in [0.15, 0.2) is 0 Å². The van der Waals surface area contributed by atoms with Gasteiger partial charge in [-0.15, -0.1) is 17.9 Å². The Labute approximate surface area is 287 Å². The van der Waals surface area contributed by atoms with Crippen molar-refractivity contribution in [2.24, 2.45) is 11.8 Å². The van der Waals surface area contributed by atoms with E-state index in [0.717, 1.165) is 4.88 Å². The molecule has 3 N–H and O–H groups in total. The highest BCUT2D eigenvalue weighted by Crippen LogP contribution is 2.45. The van der Waals surface area contributed by atoms with Crippen molar-refractivity contribution in [1.29, 1.82) is 0 Å². The monoisotopic (exact) mass is 683 g/mol. The molecule has 3 amide bonds. The van der Waals surface area contributed by atoms with Gasteiger partial charge in [-0.2, -0.15) is 0 Å². The smallest absolute Gasteiger partial charge is 0.330 e. The first-order valence-corrected chi connectivity index (χ1v) is 16.9. The molecule has 2 aromatic heterocycles. The summed E-state index contributed by atoms with van der Waals surface area (Å²) in [4.78, 5) is 65.3. The Balaban J connectivity index is 1.31. The van der Waals surface area contributed by atoms with E-state index in [1.54, 1.807) is 44.2 Å². The van der Waals surface area contributed by atoms with E-state index in [4.69, 9.17) is 14.7 Å². The van der Waals surface area contributed by atoms with Crippen molar-refractivity contribution in [3.63, 3.8) is 0 Å². The standard InChI is InChI=1S/C36H37N5O7S/c1-4-23-19-36(23,35(45)46)39-32(43)27-18-24(48-33-30(28-15-10-16-49-28)37-25-13-8-9-14-26(25)38-33)20-40(27)34(44)31(21(2)3)41(47)29(42)17-22-11-6-5-7-12-22/h4-16,21,23-24,27,31,47H,1,17-20H2,2-3H3,(H,39,43)(H,45,46)/t23-,24-,27+,31?,36?/m1/s1. The predicted molar refractivity (Wildman–Crippen MR) is 182 cm³/mol. The van der Waals surface area contributed by atoms with Crippen LogP contribution in [0.3, 0.4) is 0 Å². The molecule has 2 unspecified atom stereocenters. The molecule has 3 heterocycles. The fourth-order valence-electron chi connectivity index (χ4n) is 6.34. The van der Waals surface area contributed by atoms with E-state index in [1.807, 2.05) is 41.8 Å². The maximum absolute atomic E-state index is 14.3. The number of carbonyl (C=O) groups excluding carboxylic acids is 3. The van der Waals surface area contributed by atoms with Crippen LogP contribution in [0.4, 0.5) is 0 Å². The van der Waals surface area contributed by atoms with E-state index in [0.29, 0.717) is 27.4 Å². The summed E-state index contributed by atoms with van der Waals surface area (Å²) in [5, 5.41) is 26.1. The summed E-state index contributed by atoms with van der Waals surface area (Å²) in [6.07, 6.45) is 0.753. The topological polar surface area (TPSA) is 162 Å². The average Bonchev–Trinajstić information content (AvgIpc) is 3.38. The number of carbonyl (C=O) groups is 4. The molecular formula is C36H37N5O7S. The number of hydroxylamine groups is 2. The van der Waals surface area contributed by atoms with Gasteiger partial charge in [-0.25, -0.2) is 19.8 Å². The number of ether oxygens (including phenoxy) is 1. The van der Waals surface area contributed by atoms with Gasteiger partial charge < -0.3 is 20.1 Å². The van der Waals surface area contributed by atoms with E-state index in [1.165, 1.54) is 22.3 Å². The van der Waals surface area contributed by atoms with Crippen LogP contribution in [0.15, 0.2) is 84.8 Å². The van der Waals surface area contributed by atoms with Crippen LogP contribution in [-0.4, -0.2) is 84.2 Å². The molecule has 49 heavy (non-hydrogen) atoms. The second-order valence-corrected chi connectivity index (χ2v) is 13.7. The SMILES string of the molecule is C=C[C@@H]1CC1(NC(=O)[C@@H]1C[C@@H](Oc2nc3ccccc3nc2-c2cccs2)CN1C(=O)C(C(C)C)N(O)C(=O)Cc1ccccc1)C(=O)O. The van der Waals surface area contributed by atoms with Gasteiger partial charge in [0, 0.05) is 12.3 Å². The van der Waals surface area contributed by atoms with Crippen LogP contribution in [0.25, 0.3) is 21.6 Å². The summed E-state index contributed by atoms with van der Waals surface area (Å²) < 4.78 is 6.45. The maximum Gasteiger partial charge on any atom is 0.330 e. The minimum atomic E-state index is -1.53. The van der Waals surface area contributed by atoms with Crippen molar-refractivity contribution in [2.75, 3.05) is 6.54 Å². The summed E-state index contributed by atoms with van der Waals surface area (Å²) in [6.45, 7) is 6.98. The van der Waals surface area contributed by atoms with E-state index in [9.17, 15) is 29.5 Å². The summed E-state index contributed by atoms with van der Waals surface area (Å²) >= 11 is 1.46. The molecule has 2 aromatic carbocycles. The number of thiophene rings is 1. The lowest BCUT2D eigenvalue weighted by molar-refractivity contribution is -0.187. The number of para-hydroxylation sites is 2. The van der Waals surface area contributed by atoms with Crippen molar-refractivity contribution in [2.45, 2.75) is 56.8 Å². The quantitative estimate of drug-likeness (QED) is 0.112. The lowest BCUT2D eigenvalue weighted by Crippen LogP contribution is -2.58. The number of aliphatic carboxylic acids is 1. The number of nitrogens with one attached hydrogen (secondary N) is 1. The predicted octanol–water partition coefficient (Wildman–Crippen LogP) is 4.34. The van der Waals surface area contributed by atoms with Crippen LogP contribution in [-0.2, 0) is 25.6 Å². The number of aromatic nitrogens is 2. The van der Waals surface area contributed by atoms with Crippen molar-refractivity contribution in [1.82, 2.24) is 25.2 Å². The highest BCUT2D eigenvalue weighted by Gasteiger charge is 2.61. The summed E-state index contributed by atoms with van der Waals surface area (Å²) in [7, 11) is 0. The number of hydrogen-bond donors (Lipinski definition) is 3. The van der Waals surface area contributed by atoms with Crippen molar-refractivity contribution < 1.29 is 34.2 Å². The lowest BCUT2D eigenvalue weighted by Gasteiger charge is -2.34. The molecule has 13 heteroatoms. The number of nitrogens with zero attached hydrogens (tertiary/aromatic N) is 4. The Bertz CT molecular complexity index is 1890. The van der Waals surface area contributed by atoms with Gasteiger partial charge in [-0.3, -0.25) is 19.6 Å². The third kappa shape index (κ3) is 6.76. The Kier molecular flexibility index (Phi) is 9.48. The number of carboxylic acid groups (broad SMARTS) is 1. The number of likely N-dealkylation sites (tertiary alicyclic amines) is 1. The summed E-state index contributed by atoms with van der Waals surface area (Å²) in [5.41, 5.74) is 0.894. The molecule has 6 rings (SSSR count). The van der Waals surface area contributed by atoms with Crippen molar-refractivity contribution in [3.05, 3.63) is 90.3 Å². The molecule has 0 radical (unpaired) electrons. The van der Waals surface area contributed by atoms with E-state index in [2.05, 4.69) is 11.9 Å². The second kappa shape index (κ2) is 13.8. The van der Waals surface area contributed by atoms with Crippen LogP contribution < -0.4 is 10.1 Å². The number of hydrogen-bond acceptors (Lipinski definition) is 9. The number of benzene rings is 2. The molecule has 0 spiro atoms. The Morgan fingerprint density at radius 1 is 1.08 bits per heavy atom. The number of carboxylic acids is 1. The van der Waals surface area contributed by atoms with Gasteiger partial charge in [0.25, 0.3) is 5.91 Å². The fraction of sp³-hybridized carbons (Fsp3) is 0.333. The summed E-state index contributed by atoms with van der Waals surface area (Å²) in [5.74, 6) is -4.04. The zero-order chi connectivity index (χ0) is 34.9.